The number of hydrogen-bond acceptors (Lipinski definition) is 8. The monoisotopic (exact) mass is 486 g/mol. The number of esters is 1. The lowest BCUT2D eigenvalue weighted by Gasteiger charge is -2.19. The Morgan fingerprint density at radius 1 is 0.917 bits per heavy atom. The molecule has 0 N–H and O–H groups in total. The molecule has 1 aliphatic heterocycles. The number of benzene rings is 3. The summed E-state index contributed by atoms with van der Waals surface area (Å²) in [6.07, 6.45) is 0. The van der Waals surface area contributed by atoms with Gasteiger partial charge < -0.3 is 23.4 Å². The van der Waals surface area contributed by atoms with Gasteiger partial charge in [0, 0.05) is 11.6 Å². The quantitative estimate of drug-likeness (QED) is 0.274. The molecule has 36 heavy (non-hydrogen) atoms. The third kappa shape index (κ3) is 4.53. The van der Waals surface area contributed by atoms with Gasteiger partial charge in [0.1, 0.15) is 24.5 Å². The number of carbonyl (C=O) groups is 2. The molecule has 0 atom stereocenters. The van der Waals surface area contributed by atoms with Crippen LogP contribution in [0.4, 0.5) is 0 Å². The molecule has 1 aromatic heterocycles. The molecular weight excluding hydrogens is 464 g/mol. The van der Waals surface area contributed by atoms with E-state index >= 15 is 0 Å². The summed E-state index contributed by atoms with van der Waals surface area (Å²) < 4.78 is 27.9. The van der Waals surface area contributed by atoms with Gasteiger partial charge in [0.15, 0.2) is 23.9 Å². The minimum atomic E-state index is -0.771. The van der Waals surface area contributed by atoms with E-state index in [2.05, 4.69) is 0 Å². The highest BCUT2D eigenvalue weighted by Gasteiger charge is 2.25. The van der Waals surface area contributed by atoms with Crippen LogP contribution in [-0.4, -0.2) is 38.2 Å². The molecule has 3 aromatic carbocycles. The number of carbonyl (C=O) groups excluding carboxylic acids is 2. The van der Waals surface area contributed by atoms with Gasteiger partial charge in [0.25, 0.3) is 0 Å². The van der Waals surface area contributed by atoms with Crippen LogP contribution in [-0.2, 0) is 4.74 Å². The molecule has 0 unspecified atom stereocenters. The normalized spacial score (nSPS) is 12.2. The minimum Gasteiger partial charge on any atom is -0.486 e. The molecule has 2 heterocycles. The first-order valence-corrected chi connectivity index (χ1v) is 11.4. The Morgan fingerprint density at radius 3 is 2.47 bits per heavy atom. The van der Waals surface area contributed by atoms with E-state index in [0.29, 0.717) is 41.6 Å². The lowest BCUT2D eigenvalue weighted by atomic mass is 10.0. The van der Waals surface area contributed by atoms with Crippen molar-refractivity contribution in [3.63, 3.8) is 0 Å². The maximum absolute atomic E-state index is 13.6. The topological polar surface area (TPSA) is 101 Å². The lowest BCUT2D eigenvalue weighted by molar-refractivity contribution is 0.0492. The summed E-state index contributed by atoms with van der Waals surface area (Å²) in [5, 5.41) is 0.245. The number of ether oxygens (including phenoxy) is 4. The molecule has 0 aliphatic carbocycles. The Balaban J connectivity index is 1.54. The standard InChI is InChI=1S/C28H22O8/c1-2-32-28(31)27-25(18-8-11-22-24(14-18)34-13-12-33-22)26(30)20-10-9-19(15-23(20)36-27)35-16-21(29)17-6-4-3-5-7-17/h3-11,14-15H,2,12-13,16H2,1H3. The van der Waals surface area contributed by atoms with E-state index in [1.54, 1.807) is 61.5 Å². The van der Waals surface area contributed by atoms with Gasteiger partial charge in [-0.1, -0.05) is 36.4 Å². The second-order valence-electron chi connectivity index (χ2n) is 7.95. The first-order chi connectivity index (χ1) is 17.5. The van der Waals surface area contributed by atoms with Gasteiger partial charge in [-0.15, -0.1) is 0 Å². The predicted octanol–water partition coefficient (Wildman–Crippen LogP) is 4.67. The van der Waals surface area contributed by atoms with E-state index in [0.717, 1.165) is 0 Å². The van der Waals surface area contributed by atoms with Gasteiger partial charge in [0.05, 0.1) is 17.6 Å². The Labute approximate surface area is 206 Å². The molecule has 8 heteroatoms. The van der Waals surface area contributed by atoms with Gasteiger partial charge >= 0.3 is 5.97 Å². The first-order valence-electron chi connectivity index (χ1n) is 11.4. The molecular formula is C28H22O8. The summed E-state index contributed by atoms with van der Waals surface area (Å²) in [7, 11) is 0. The minimum absolute atomic E-state index is 0.0610. The van der Waals surface area contributed by atoms with Crippen molar-refractivity contribution < 1.29 is 33.0 Å². The number of Topliss-reactive ketones (excluding diaryl/α,β-unsaturated/α-hetero) is 1. The molecule has 1 aliphatic rings. The molecule has 182 valence electrons. The Hall–Kier alpha value is -4.59. The number of fused-ring (bicyclic) bond motifs is 2. The van der Waals surface area contributed by atoms with Crippen LogP contribution in [0.5, 0.6) is 17.2 Å². The fourth-order valence-corrected chi connectivity index (χ4v) is 3.92. The third-order valence-corrected chi connectivity index (χ3v) is 5.62. The van der Waals surface area contributed by atoms with E-state index in [1.807, 2.05) is 6.07 Å². The van der Waals surface area contributed by atoms with E-state index in [4.69, 9.17) is 23.4 Å². The molecule has 0 saturated heterocycles. The van der Waals surface area contributed by atoms with Crippen LogP contribution in [0.25, 0.3) is 22.1 Å². The molecule has 0 spiro atoms. The van der Waals surface area contributed by atoms with Crippen molar-refractivity contribution in [2.45, 2.75) is 6.92 Å². The Kier molecular flexibility index (Phi) is 6.40. The van der Waals surface area contributed by atoms with Gasteiger partial charge in [-0.3, -0.25) is 9.59 Å². The fraction of sp³-hybridized carbons (Fsp3) is 0.179. The Morgan fingerprint density at radius 2 is 1.69 bits per heavy atom. The van der Waals surface area contributed by atoms with E-state index in [9.17, 15) is 14.4 Å². The van der Waals surface area contributed by atoms with Crippen molar-refractivity contribution in [2.75, 3.05) is 26.4 Å². The van der Waals surface area contributed by atoms with Crippen LogP contribution in [0.1, 0.15) is 27.8 Å². The summed E-state index contributed by atoms with van der Waals surface area (Å²) in [5.41, 5.74) is 0.743. The van der Waals surface area contributed by atoms with Crippen LogP contribution in [0.3, 0.4) is 0 Å². The lowest BCUT2D eigenvalue weighted by Crippen LogP contribution is -2.17. The van der Waals surface area contributed by atoms with Crippen molar-refractivity contribution in [2.24, 2.45) is 0 Å². The van der Waals surface area contributed by atoms with Gasteiger partial charge in [0.2, 0.25) is 11.2 Å². The Bertz CT molecular complexity index is 1500. The highest BCUT2D eigenvalue weighted by atomic mass is 16.6. The summed E-state index contributed by atoms with van der Waals surface area (Å²) >= 11 is 0. The highest BCUT2D eigenvalue weighted by Crippen LogP contribution is 2.36. The second-order valence-corrected chi connectivity index (χ2v) is 7.95. The fourth-order valence-electron chi connectivity index (χ4n) is 3.92. The largest absolute Gasteiger partial charge is 0.486 e. The molecule has 8 nitrogen and oxygen atoms in total. The molecule has 5 rings (SSSR count). The van der Waals surface area contributed by atoms with Gasteiger partial charge in [-0.05, 0) is 36.8 Å². The molecule has 0 radical (unpaired) electrons. The summed E-state index contributed by atoms with van der Waals surface area (Å²) in [6, 6.07) is 18.4. The SMILES string of the molecule is CCOC(=O)c1oc2cc(OCC(=O)c3ccccc3)ccc2c(=O)c1-c1ccc2c(c1)OCCO2. The zero-order valence-electron chi connectivity index (χ0n) is 19.4. The molecule has 0 saturated carbocycles. The zero-order valence-corrected chi connectivity index (χ0v) is 19.4. The maximum atomic E-state index is 13.6. The van der Waals surface area contributed by atoms with Crippen LogP contribution in [0.2, 0.25) is 0 Å². The molecule has 4 aromatic rings. The zero-order chi connectivity index (χ0) is 25.1. The van der Waals surface area contributed by atoms with E-state index < -0.39 is 11.4 Å². The molecule has 0 amide bonds. The maximum Gasteiger partial charge on any atom is 0.375 e. The van der Waals surface area contributed by atoms with Crippen LogP contribution in [0, 0.1) is 0 Å². The summed E-state index contributed by atoms with van der Waals surface area (Å²) in [4.78, 5) is 38.7. The molecule has 0 bridgehead atoms. The van der Waals surface area contributed by atoms with Crippen LogP contribution in [0.15, 0.2) is 75.9 Å². The van der Waals surface area contributed by atoms with Gasteiger partial charge in [-0.25, -0.2) is 4.79 Å². The van der Waals surface area contributed by atoms with Crippen molar-refractivity contribution in [3.8, 4) is 28.4 Å². The predicted molar refractivity (Wildman–Crippen MR) is 131 cm³/mol. The molecule has 0 fully saturated rings. The van der Waals surface area contributed by atoms with E-state index in [-0.39, 0.29) is 41.3 Å². The van der Waals surface area contributed by atoms with Crippen LogP contribution >= 0.6 is 0 Å². The van der Waals surface area contributed by atoms with Crippen LogP contribution < -0.4 is 19.6 Å². The first kappa shape index (κ1) is 23.2. The van der Waals surface area contributed by atoms with Crippen molar-refractivity contribution in [1.29, 1.82) is 0 Å². The highest BCUT2D eigenvalue weighted by molar-refractivity contribution is 5.98. The summed E-state index contributed by atoms with van der Waals surface area (Å²) in [6.45, 7) is 2.38. The van der Waals surface area contributed by atoms with Crippen molar-refractivity contribution in [3.05, 3.63) is 88.3 Å². The average molecular weight is 486 g/mol. The third-order valence-electron chi connectivity index (χ3n) is 5.62. The smallest absolute Gasteiger partial charge is 0.375 e. The van der Waals surface area contributed by atoms with Gasteiger partial charge in [-0.2, -0.15) is 0 Å². The summed E-state index contributed by atoms with van der Waals surface area (Å²) in [5.74, 6) is 0.144. The second kappa shape index (κ2) is 9.95. The number of hydrogen-bond donors (Lipinski definition) is 0. The number of rotatable bonds is 7. The van der Waals surface area contributed by atoms with Crippen molar-refractivity contribution in [1.82, 2.24) is 0 Å². The van der Waals surface area contributed by atoms with E-state index in [1.165, 1.54) is 6.07 Å². The average Bonchev–Trinajstić information content (AvgIpc) is 2.91. The number of ketones is 1. The van der Waals surface area contributed by atoms with Crippen molar-refractivity contribution >= 4 is 22.7 Å².